The van der Waals surface area contributed by atoms with E-state index in [9.17, 15) is 15.3 Å². The van der Waals surface area contributed by atoms with Crippen LogP contribution in [0.15, 0.2) is 0 Å². The molecule has 3 atom stereocenters. The summed E-state index contributed by atoms with van der Waals surface area (Å²) in [5, 5.41) is 37.7. The van der Waals surface area contributed by atoms with Gasteiger partial charge in [-0.1, -0.05) is 13.8 Å². The molecule has 0 aromatic heterocycles. The minimum Gasteiger partial charge on any atom is -0.394 e. The third-order valence-corrected chi connectivity index (χ3v) is 5.50. The molecule has 0 rings (SSSR count). The molecule has 6 heteroatoms. The molecule has 0 spiro atoms. The molecule has 0 aliphatic heterocycles. The van der Waals surface area contributed by atoms with Crippen molar-refractivity contribution in [3.8, 4) is 0 Å². The second-order valence-corrected chi connectivity index (χ2v) is 6.64. The van der Waals surface area contributed by atoms with E-state index in [1.807, 2.05) is 0 Å². The first-order valence-electron chi connectivity index (χ1n) is 5.96. The highest BCUT2D eigenvalue weighted by Gasteiger charge is 2.31. The van der Waals surface area contributed by atoms with Crippen molar-refractivity contribution in [2.75, 3.05) is 18.1 Å². The van der Waals surface area contributed by atoms with Crippen molar-refractivity contribution < 1.29 is 20.4 Å². The van der Waals surface area contributed by atoms with Crippen LogP contribution in [0.1, 0.15) is 26.7 Å². The van der Waals surface area contributed by atoms with Crippen LogP contribution in [0.25, 0.3) is 0 Å². The van der Waals surface area contributed by atoms with Crippen LogP contribution >= 0.6 is 23.5 Å². The van der Waals surface area contributed by atoms with Gasteiger partial charge in [0.05, 0.1) is 11.2 Å². The minimum absolute atomic E-state index is 0.161. The Hall–Kier alpha value is 0.540. The van der Waals surface area contributed by atoms with Gasteiger partial charge < -0.3 is 20.4 Å². The molecule has 0 saturated carbocycles. The Kier molecular flexibility index (Phi) is 10.8. The lowest BCUT2D eigenvalue weighted by atomic mass is 10.1. The van der Waals surface area contributed by atoms with Crippen molar-refractivity contribution in [2.24, 2.45) is 0 Å². The molecule has 0 bridgehead atoms. The second kappa shape index (κ2) is 10.5. The van der Waals surface area contributed by atoms with Crippen LogP contribution in [0.3, 0.4) is 0 Å². The van der Waals surface area contributed by atoms with E-state index in [0.29, 0.717) is 0 Å². The monoisotopic (exact) mass is 284 g/mol. The van der Waals surface area contributed by atoms with Gasteiger partial charge in [-0.15, -0.1) is 23.5 Å². The molecular weight excluding hydrogens is 260 g/mol. The minimum atomic E-state index is -1.29. The predicted molar refractivity (Wildman–Crippen MR) is 74.4 cm³/mol. The number of rotatable bonds is 10. The van der Waals surface area contributed by atoms with Crippen LogP contribution in [-0.4, -0.2) is 61.4 Å². The molecule has 3 unspecified atom stereocenters. The Morgan fingerprint density at radius 3 is 1.71 bits per heavy atom. The van der Waals surface area contributed by atoms with Crippen LogP contribution in [0.2, 0.25) is 0 Å². The maximum Gasteiger partial charge on any atom is 0.110 e. The molecule has 4 nitrogen and oxygen atoms in total. The molecule has 0 aliphatic rings. The molecular formula is C11H24O4S2. The van der Waals surface area contributed by atoms with Crippen molar-refractivity contribution in [3.05, 3.63) is 0 Å². The van der Waals surface area contributed by atoms with E-state index >= 15 is 0 Å². The summed E-state index contributed by atoms with van der Waals surface area (Å²) in [4.78, 5) is 0. The highest BCUT2D eigenvalue weighted by molar-refractivity contribution is 8.17. The third kappa shape index (κ3) is 6.88. The Balaban J connectivity index is 4.32. The van der Waals surface area contributed by atoms with Crippen molar-refractivity contribution >= 4 is 23.5 Å². The summed E-state index contributed by atoms with van der Waals surface area (Å²) < 4.78 is -0.161. The largest absolute Gasteiger partial charge is 0.394 e. The quantitative estimate of drug-likeness (QED) is 0.442. The smallest absolute Gasteiger partial charge is 0.110 e. The number of thioether (sulfide) groups is 2. The van der Waals surface area contributed by atoms with Gasteiger partial charge >= 0.3 is 0 Å². The first-order valence-corrected chi connectivity index (χ1v) is 8.06. The van der Waals surface area contributed by atoms with E-state index in [1.54, 1.807) is 23.5 Å². The molecule has 0 aromatic carbocycles. The zero-order valence-electron chi connectivity index (χ0n) is 10.5. The average Bonchev–Trinajstić information content (AvgIpc) is 2.36. The highest BCUT2D eigenvalue weighted by atomic mass is 32.2. The molecule has 0 heterocycles. The van der Waals surface area contributed by atoms with Gasteiger partial charge in [0.1, 0.15) is 18.3 Å². The van der Waals surface area contributed by atoms with Gasteiger partial charge in [-0.25, -0.2) is 0 Å². The molecule has 0 aliphatic carbocycles. The van der Waals surface area contributed by atoms with Crippen LogP contribution in [-0.2, 0) is 0 Å². The summed E-state index contributed by atoms with van der Waals surface area (Å²) in [6, 6.07) is 0. The van der Waals surface area contributed by atoms with Gasteiger partial charge in [0, 0.05) is 0 Å². The first kappa shape index (κ1) is 17.5. The summed E-state index contributed by atoms with van der Waals surface area (Å²) in [6.07, 6.45) is -1.60. The molecule has 0 saturated heterocycles. The zero-order valence-corrected chi connectivity index (χ0v) is 12.1. The van der Waals surface area contributed by atoms with E-state index in [-0.39, 0.29) is 4.58 Å². The topological polar surface area (TPSA) is 80.9 Å². The predicted octanol–water partition coefficient (Wildman–Crippen LogP) is 0.674. The van der Waals surface area contributed by atoms with Crippen molar-refractivity contribution in [2.45, 2.75) is 49.6 Å². The van der Waals surface area contributed by atoms with E-state index in [4.69, 9.17) is 5.11 Å². The van der Waals surface area contributed by atoms with Crippen LogP contribution < -0.4 is 0 Å². The Bertz CT molecular complexity index is 175. The first-order chi connectivity index (χ1) is 8.08. The summed E-state index contributed by atoms with van der Waals surface area (Å²) in [5.74, 6) is 1.81. The van der Waals surface area contributed by atoms with Crippen molar-refractivity contribution in [3.63, 3.8) is 0 Å². The second-order valence-electron chi connectivity index (χ2n) is 3.84. The van der Waals surface area contributed by atoms with Crippen LogP contribution in [0, 0.1) is 0 Å². The zero-order chi connectivity index (χ0) is 13.3. The molecule has 0 amide bonds. The van der Waals surface area contributed by atoms with Gasteiger partial charge in [0.2, 0.25) is 0 Å². The molecule has 0 aromatic rings. The van der Waals surface area contributed by atoms with Gasteiger partial charge in [-0.2, -0.15) is 0 Å². The standard InChI is InChI=1S/C11H24O4S2/c1-3-5-16-11(17-6-4-2)10(15)9(14)8(13)7-12/h8-15H,3-7H2,1-2H3. The Morgan fingerprint density at radius 2 is 1.35 bits per heavy atom. The lowest BCUT2D eigenvalue weighted by Gasteiger charge is -2.28. The molecule has 0 radical (unpaired) electrons. The maximum absolute atomic E-state index is 9.97. The Morgan fingerprint density at radius 1 is 0.882 bits per heavy atom. The van der Waals surface area contributed by atoms with Crippen LogP contribution in [0.5, 0.6) is 0 Å². The number of hydrogen-bond acceptors (Lipinski definition) is 6. The fourth-order valence-corrected chi connectivity index (χ4v) is 3.82. The molecule has 17 heavy (non-hydrogen) atoms. The van der Waals surface area contributed by atoms with Crippen LogP contribution in [0.4, 0.5) is 0 Å². The van der Waals surface area contributed by atoms with Crippen molar-refractivity contribution in [1.29, 1.82) is 0 Å². The third-order valence-electron chi connectivity index (χ3n) is 2.18. The van der Waals surface area contributed by atoms with Crippen molar-refractivity contribution in [1.82, 2.24) is 0 Å². The van der Waals surface area contributed by atoms with Gasteiger partial charge in [0.25, 0.3) is 0 Å². The fraction of sp³-hybridized carbons (Fsp3) is 1.00. The summed E-state index contributed by atoms with van der Waals surface area (Å²) in [6.45, 7) is 3.57. The van der Waals surface area contributed by atoms with E-state index in [2.05, 4.69) is 13.8 Å². The average molecular weight is 284 g/mol. The summed E-state index contributed by atoms with van der Waals surface area (Å²) in [5.41, 5.74) is 0. The van der Waals surface area contributed by atoms with Gasteiger partial charge in [-0.3, -0.25) is 0 Å². The number of hydrogen-bond donors (Lipinski definition) is 4. The fourth-order valence-electron chi connectivity index (χ4n) is 1.21. The van der Waals surface area contributed by atoms with Gasteiger partial charge in [-0.05, 0) is 24.3 Å². The highest BCUT2D eigenvalue weighted by Crippen LogP contribution is 2.30. The van der Waals surface area contributed by atoms with E-state index in [1.165, 1.54) is 0 Å². The molecule has 0 fully saturated rings. The lowest BCUT2D eigenvalue weighted by Crippen LogP contribution is -2.44. The Labute approximate surface area is 112 Å². The number of aliphatic hydroxyl groups excluding tert-OH is 4. The molecule has 4 N–H and O–H groups in total. The summed E-state index contributed by atoms with van der Waals surface area (Å²) in [7, 11) is 0. The van der Waals surface area contributed by atoms with E-state index in [0.717, 1.165) is 24.3 Å². The van der Waals surface area contributed by atoms with E-state index < -0.39 is 24.9 Å². The number of aliphatic hydroxyl groups is 4. The molecule has 104 valence electrons. The normalized spacial score (nSPS) is 17.1. The van der Waals surface area contributed by atoms with Gasteiger partial charge in [0.15, 0.2) is 0 Å². The summed E-state index contributed by atoms with van der Waals surface area (Å²) >= 11 is 3.17. The lowest BCUT2D eigenvalue weighted by molar-refractivity contribution is -0.0706. The SMILES string of the molecule is CCCSC(SCCC)C(O)C(O)C(O)CO. The maximum atomic E-state index is 9.97.